The van der Waals surface area contributed by atoms with Crippen LogP contribution < -0.4 is 5.73 Å². The van der Waals surface area contributed by atoms with E-state index < -0.39 is 0 Å². The average molecular weight is 374 g/mol. The van der Waals surface area contributed by atoms with Crippen LogP contribution in [0.5, 0.6) is 0 Å². The fourth-order valence-corrected chi connectivity index (χ4v) is 2.34. The lowest BCUT2D eigenvalue weighted by atomic mass is 10.1. The monoisotopic (exact) mass is 372 g/mol. The van der Waals surface area contributed by atoms with Gasteiger partial charge in [0.1, 0.15) is 0 Å². The van der Waals surface area contributed by atoms with Gasteiger partial charge in [-0.1, -0.05) is 30.3 Å². The van der Waals surface area contributed by atoms with Crippen molar-refractivity contribution >= 4 is 34.2 Å². The highest BCUT2D eigenvalue weighted by molar-refractivity contribution is 9.10. The molecule has 2 aromatic rings. The lowest BCUT2D eigenvalue weighted by molar-refractivity contribution is 0.0729. The highest BCUT2D eigenvalue weighted by Crippen LogP contribution is 2.19. The molecule has 0 radical (unpaired) electrons. The van der Waals surface area contributed by atoms with Crippen LogP contribution >= 0.6 is 28.3 Å². The van der Waals surface area contributed by atoms with Crippen molar-refractivity contribution in [1.82, 2.24) is 4.90 Å². The number of carbonyl (C=O) groups is 1. The molecule has 114 valence electrons. The Bertz CT molecular complexity index is 560. The maximum Gasteiger partial charge on any atom is 0.290 e. The second-order valence-corrected chi connectivity index (χ2v) is 5.27. The third-order valence-electron chi connectivity index (χ3n) is 3.01. The van der Waals surface area contributed by atoms with Crippen LogP contribution in [0.15, 0.2) is 51.6 Å². The van der Waals surface area contributed by atoms with Crippen LogP contribution in [0.4, 0.5) is 0 Å². The number of halogens is 2. The molecule has 1 amide bonds. The number of benzene rings is 1. The molecule has 0 atom stereocenters. The fraction of sp³-hybridized carbons (Fsp3) is 0.267. The summed E-state index contributed by atoms with van der Waals surface area (Å²) in [4.78, 5) is 14.1. The molecule has 0 saturated heterocycles. The van der Waals surface area contributed by atoms with Crippen LogP contribution in [0, 0.1) is 0 Å². The smallest absolute Gasteiger partial charge is 0.290 e. The van der Waals surface area contributed by atoms with Crippen LogP contribution in [-0.4, -0.2) is 30.4 Å². The van der Waals surface area contributed by atoms with Gasteiger partial charge in [-0.2, -0.15) is 0 Å². The molecule has 2 N–H and O–H groups in total. The normalized spacial score (nSPS) is 10.0. The number of amides is 1. The van der Waals surface area contributed by atoms with Gasteiger partial charge in [0.25, 0.3) is 5.91 Å². The van der Waals surface area contributed by atoms with Gasteiger partial charge in [0.15, 0.2) is 0 Å². The van der Waals surface area contributed by atoms with Gasteiger partial charge in [0.2, 0.25) is 5.76 Å². The number of hydrogen-bond donors (Lipinski definition) is 1. The van der Waals surface area contributed by atoms with E-state index in [1.54, 1.807) is 11.0 Å². The summed E-state index contributed by atoms with van der Waals surface area (Å²) in [6.07, 6.45) is 2.29. The molecular formula is C15H18BrClN2O2. The Morgan fingerprint density at radius 1 is 1.19 bits per heavy atom. The molecule has 0 unspecified atom stereocenters. The maximum absolute atomic E-state index is 12.4. The Kier molecular flexibility index (Phi) is 7.50. The van der Waals surface area contributed by atoms with Gasteiger partial charge in [-0.3, -0.25) is 4.79 Å². The van der Waals surface area contributed by atoms with Gasteiger partial charge in [0.05, 0.1) is 10.7 Å². The Balaban J connectivity index is 0.00000220. The molecular weight excluding hydrogens is 356 g/mol. The van der Waals surface area contributed by atoms with Gasteiger partial charge < -0.3 is 15.1 Å². The van der Waals surface area contributed by atoms with E-state index in [1.807, 2.05) is 30.3 Å². The lowest BCUT2D eigenvalue weighted by Gasteiger charge is -2.21. The number of nitrogens with zero attached hydrogens (tertiary/aromatic N) is 1. The summed E-state index contributed by atoms with van der Waals surface area (Å²) >= 11 is 3.31. The van der Waals surface area contributed by atoms with Gasteiger partial charge in [0, 0.05) is 19.6 Å². The quantitative estimate of drug-likeness (QED) is 0.846. The molecule has 0 bridgehead atoms. The van der Waals surface area contributed by atoms with Crippen molar-refractivity contribution in [3.63, 3.8) is 0 Å². The first-order valence-corrected chi connectivity index (χ1v) is 7.28. The molecule has 0 aliphatic rings. The van der Waals surface area contributed by atoms with E-state index in [4.69, 9.17) is 10.2 Å². The van der Waals surface area contributed by atoms with E-state index in [1.165, 1.54) is 11.8 Å². The number of hydrogen-bond acceptors (Lipinski definition) is 3. The van der Waals surface area contributed by atoms with Crippen molar-refractivity contribution in [3.05, 3.63) is 58.5 Å². The number of rotatable bonds is 6. The third kappa shape index (κ3) is 4.88. The van der Waals surface area contributed by atoms with Gasteiger partial charge >= 0.3 is 0 Å². The summed E-state index contributed by atoms with van der Waals surface area (Å²) in [5.41, 5.74) is 6.79. The minimum atomic E-state index is -0.136. The minimum absolute atomic E-state index is 0. The zero-order valence-corrected chi connectivity index (χ0v) is 13.9. The summed E-state index contributed by atoms with van der Waals surface area (Å²) < 4.78 is 5.90. The Labute approximate surface area is 138 Å². The Morgan fingerprint density at radius 3 is 2.48 bits per heavy atom. The van der Waals surface area contributed by atoms with Crippen molar-refractivity contribution in [3.8, 4) is 0 Å². The van der Waals surface area contributed by atoms with Crippen molar-refractivity contribution in [2.24, 2.45) is 5.73 Å². The summed E-state index contributed by atoms with van der Waals surface area (Å²) in [6, 6.07) is 11.8. The van der Waals surface area contributed by atoms with Crippen LogP contribution in [0.25, 0.3) is 0 Å². The van der Waals surface area contributed by atoms with Gasteiger partial charge in [-0.15, -0.1) is 12.4 Å². The molecule has 0 aliphatic heterocycles. The van der Waals surface area contributed by atoms with E-state index in [0.29, 0.717) is 29.9 Å². The molecule has 2 rings (SSSR count). The fourth-order valence-electron chi connectivity index (χ4n) is 1.97. The molecule has 0 saturated carbocycles. The van der Waals surface area contributed by atoms with Crippen LogP contribution in [0.2, 0.25) is 0 Å². The van der Waals surface area contributed by atoms with E-state index in [0.717, 1.165) is 6.42 Å². The highest BCUT2D eigenvalue weighted by atomic mass is 79.9. The summed E-state index contributed by atoms with van der Waals surface area (Å²) in [7, 11) is 0. The van der Waals surface area contributed by atoms with E-state index in [2.05, 4.69) is 15.9 Å². The summed E-state index contributed by atoms with van der Waals surface area (Å²) in [5.74, 6) is 0.190. The molecule has 1 heterocycles. The number of carbonyl (C=O) groups excluding carboxylic acids is 1. The summed E-state index contributed by atoms with van der Waals surface area (Å²) in [6.45, 7) is 1.56. The molecule has 6 heteroatoms. The Hall–Kier alpha value is -1.30. The zero-order chi connectivity index (χ0) is 14.4. The molecule has 0 fully saturated rings. The predicted octanol–water partition coefficient (Wildman–Crippen LogP) is 3.11. The molecule has 0 aliphatic carbocycles. The average Bonchev–Trinajstić information content (AvgIpc) is 2.90. The molecule has 1 aromatic heterocycles. The predicted molar refractivity (Wildman–Crippen MR) is 88.8 cm³/mol. The second-order valence-electron chi connectivity index (χ2n) is 4.41. The number of furan rings is 1. The first-order valence-electron chi connectivity index (χ1n) is 6.48. The largest absolute Gasteiger partial charge is 0.458 e. The van der Waals surface area contributed by atoms with Crippen LogP contribution in [0.1, 0.15) is 16.1 Å². The second kappa shape index (κ2) is 8.87. The zero-order valence-electron chi connectivity index (χ0n) is 11.5. The number of nitrogens with two attached hydrogens (primary N) is 1. The standard InChI is InChI=1S/C15H17BrN2O2.ClH/c16-13-7-11-20-14(13)15(19)18(10-8-17)9-6-12-4-2-1-3-5-12;/h1-5,7,11H,6,8-10,17H2;1H. The van der Waals surface area contributed by atoms with Gasteiger partial charge in [-0.25, -0.2) is 0 Å². The van der Waals surface area contributed by atoms with Crippen molar-refractivity contribution < 1.29 is 9.21 Å². The van der Waals surface area contributed by atoms with Crippen molar-refractivity contribution in [1.29, 1.82) is 0 Å². The maximum atomic E-state index is 12.4. The van der Waals surface area contributed by atoms with Crippen molar-refractivity contribution in [2.45, 2.75) is 6.42 Å². The molecule has 21 heavy (non-hydrogen) atoms. The van der Waals surface area contributed by atoms with Crippen molar-refractivity contribution in [2.75, 3.05) is 19.6 Å². The lowest BCUT2D eigenvalue weighted by Crippen LogP contribution is -2.36. The van der Waals surface area contributed by atoms with Crippen LogP contribution in [-0.2, 0) is 6.42 Å². The Morgan fingerprint density at radius 2 is 1.90 bits per heavy atom. The van der Waals surface area contributed by atoms with Gasteiger partial charge in [-0.05, 0) is 34.0 Å². The highest BCUT2D eigenvalue weighted by Gasteiger charge is 2.20. The van der Waals surface area contributed by atoms with Crippen LogP contribution in [0.3, 0.4) is 0 Å². The SMILES string of the molecule is Cl.NCCN(CCc1ccccc1)C(=O)c1occc1Br. The minimum Gasteiger partial charge on any atom is -0.458 e. The van der Waals surface area contributed by atoms with E-state index >= 15 is 0 Å². The first-order chi connectivity index (χ1) is 9.72. The topological polar surface area (TPSA) is 59.5 Å². The first kappa shape index (κ1) is 17.8. The molecule has 4 nitrogen and oxygen atoms in total. The molecule has 1 aromatic carbocycles. The molecule has 0 spiro atoms. The summed E-state index contributed by atoms with van der Waals surface area (Å²) in [5, 5.41) is 0. The van der Waals surface area contributed by atoms with E-state index in [-0.39, 0.29) is 18.3 Å². The van der Waals surface area contributed by atoms with E-state index in [9.17, 15) is 4.79 Å². The third-order valence-corrected chi connectivity index (χ3v) is 3.64.